The van der Waals surface area contributed by atoms with E-state index in [1.807, 2.05) is 13.8 Å². The van der Waals surface area contributed by atoms with Crippen molar-refractivity contribution in [2.24, 2.45) is 0 Å². The zero-order chi connectivity index (χ0) is 14.4. The molecule has 104 valence electrons. The van der Waals surface area contributed by atoms with Crippen molar-refractivity contribution in [2.75, 3.05) is 25.4 Å². The molecule has 5 nitrogen and oxygen atoms in total. The highest BCUT2D eigenvalue weighted by atomic mass is 35.5. The lowest BCUT2D eigenvalue weighted by Crippen LogP contribution is -2.34. The van der Waals surface area contributed by atoms with E-state index in [1.54, 1.807) is 23.1 Å². The monoisotopic (exact) mass is 284 g/mol. The van der Waals surface area contributed by atoms with E-state index in [2.05, 4.69) is 0 Å². The lowest BCUT2D eigenvalue weighted by Gasteiger charge is -2.18. The summed E-state index contributed by atoms with van der Waals surface area (Å²) >= 11 is 5.88. The van der Waals surface area contributed by atoms with Crippen LogP contribution >= 0.6 is 11.6 Å². The average Bonchev–Trinajstić information content (AvgIpc) is 2.37. The number of rotatable bonds is 5. The SMILES string of the molecule is CCN(CC)C(=O)COC(=O)c1c(N)cccc1Cl. The molecule has 1 aromatic carbocycles. The van der Waals surface area contributed by atoms with E-state index in [1.165, 1.54) is 0 Å². The average molecular weight is 285 g/mol. The summed E-state index contributed by atoms with van der Waals surface area (Å²) in [6.45, 7) is 4.54. The van der Waals surface area contributed by atoms with Crippen LogP contribution in [0.2, 0.25) is 5.02 Å². The summed E-state index contributed by atoms with van der Waals surface area (Å²) < 4.78 is 4.94. The minimum absolute atomic E-state index is 0.0940. The van der Waals surface area contributed by atoms with Gasteiger partial charge >= 0.3 is 5.97 Å². The third-order valence-electron chi connectivity index (χ3n) is 2.69. The van der Waals surface area contributed by atoms with Gasteiger partial charge in [-0.15, -0.1) is 0 Å². The lowest BCUT2D eigenvalue weighted by molar-refractivity contribution is -0.134. The molecule has 0 aliphatic carbocycles. The quantitative estimate of drug-likeness (QED) is 0.662. The molecule has 0 saturated heterocycles. The van der Waals surface area contributed by atoms with Gasteiger partial charge in [0.05, 0.1) is 5.02 Å². The molecule has 6 heteroatoms. The van der Waals surface area contributed by atoms with Crippen molar-refractivity contribution in [3.63, 3.8) is 0 Å². The van der Waals surface area contributed by atoms with E-state index < -0.39 is 5.97 Å². The van der Waals surface area contributed by atoms with E-state index in [0.29, 0.717) is 13.1 Å². The lowest BCUT2D eigenvalue weighted by atomic mass is 10.2. The largest absolute Gasteiger partial charge is 0.452 e. The normalized spacial score (nSPS) is 10.1. The molecule has 1 rings (SSSR count). The molecule has 0 spiro atoms. The summed E-state index contributed by atoms with van der Waals surface area (Å²) in [6.07, 6.45) is 0. The number of nitrogens with zero attached hydrogens (tertiary/aromatic N) is 1. The molecule has 1 amide bonds. The van der Waals surface area contributed by atoms with E-state index in [0.717, 1.165) is 0 Å². The Bertz CT molecular complexity index is 453. The maximum atomic E-state index is 11.8. The zero-order valence-corrected chi connectivity index (χ0v) is 11.7. The molecule has 0 atom stereocenters. The third-order valence-corrected chi connectivity index (χ3v) is 3.01. The van der Waals surface area contributed by atoms with Crippen molar-refractivity contribution in [3.05, 3.63) is 28.8 Å². The van der Waals surface area contributed by atoms with Gasteiger partial charge in [0, 0.05) is 18.8 Å². The highest BCUT2D eigenvalue weighted by molar-refractivity contribution is 6.34. The highest BCUT2D eigenvalue weighted by Crippen LogP contribution is 2.22. The van der Waals surface area contributed by atoms with Crippen molar-refractivity contribution in [2.45, 2.75) is 13.8 Å². The molecule has 1 aromatic rings. The summed E-state index contributed by atoms with van der Waals surface area (Å²) in [5, 5.41) is 0.209. The van der Waals surface area contributed by atoms with Gasteiger partial charge in [-0.3, -0.25) is 4.79 Å². The number of benzene rings is 1. The molecular formula is C13H17ClN2O3. The highest BCUT2D eigenvalue weighted by Gasteiger charge is 2.18. The molecule has 0 fully saturated rings. The molecular weight excluding hydrogens is 268 g/mol. The van der Waals surface area contributed by atoms with E-state index in [4.69, 9.17) is 22.1 Å². The summed E-state index contributed by atoms with van der Waals surface area (Å²) in [5.74, 6) is -0.937. The van der Waals surface area contributed by atoms with E-state index >= 15 is 0 Å². The first kappa shape index (κ1) is 15.3. The summed E-state index contributed by atoms with van der Waals surface area (Å²) in [7, 11) is 0. The third kappa shape index (κ3) is 3.86. The molecule has 2 N–H and O–H groups in total. The van der Waals surface area contributed by atoms with Crippen LogP contribution in [0, 0.1) is 0 Å². The second kappa shape index (κ2) is 6.99. The minimum Gasteiger partial charge on any atom is -0.452 e. The number of likely N-dealkylation sites (N-methyl/N-ethyl adjacent to an activating group) is 1. The van der Waals surface area contributed by atoms with Crippen LogP contribution in [0.3, 0.4) is 0 Å². The van der Waals surface area contributed by atoms with Gasteiger partial charge in [0.1, 0.15) is 5.56 Å². The maximum Gasteiger partial charge on any atom is 0.342 e. The summed E-state index contributed by atoms with van der Waals surface area (Å²) in [6, 6.07) is 4.73. The molecule has 0 unspecified atom stereocenters. The number of nitrogens with two attached hydrogens (primary N) is 1. The first-order valence-corrected chi connectivity index (χ1v) is 6.37. The predicted octanol–water partition coefficient (Wildman–Crippen LogP) is 1.95. The topological polar surface area (TPSA) is 72.6 Å². The maximum absolute atomic E-state index is 11.8. The minimum atomic E-state index is -0.691. The van der Waals surface area contributed by atoms with Crippen LogP contribution in [0.5, 0.6) is 0 Å². The molecule has 0 aliphatic heterocycles. The number of esters is 1. The second-order valence-corrected chi connectivity index (χ2v) is 4.25. The Hall–Kier alpha value is -1.75. The zero-order valence-electron chi connectivity index (χ0n) is 11.0. The number of hydrogen-bond acceptors (Lipinski definition) is 4. The molecule has 0 radical (unpaired) electrons. The first-order valence-electron chi connectivity index (χ1n) is 6.00. The van der Waals surface area contributed by atoms with Crippen LogP contribution in [-0.4, -0.2) is 36.5 Å². The van der Waals surface area contributed by atoms with Crippen molar-refractivity contribution in [1.82, 2.24) is 4.90 Å². The standard InChI is InChI=1S/C13H17ClN2O3/c1-3-16(4-2)11(17)8-19-13(18)12-9(14)6-5-7-10(12)15/h5-7H,3-4,8,15H2,1-2H3. The van der Waals surface area contributed by atoms with E-state index in [-0.39, 0.29) is 28.8 Å². The van der Waals surface area contributed by atoms with Gasteiger partial charge in [-0.05, 0) is 26.0 Å². The summed E-state index contributed by atoms with van der Waals surface area (Å²) in [5.41, 5.74) is 5.98. The fourth-order valence-corrected chi connectivity index (χ4v) is 1.88. The smallest absolute Gasteiger partial charge is 0.342 e. The molecule has 0 aliphatic rings. The molecule has 0 saturated carbocycles. The van der Waals surface area contributed by atoms with Gasteiger partial charge in [0.15, 0.2) is 6.61 Å². The number of anilines is 1. The Balaban J connectivity index is 2.69. The van der Waals surface area contributed by atoms with Crippen molar-refractivity contribution < 1.29 is 14.3 Å². The number of hydrogen-bond donors (Lipinski definition) is 1. The van der Waals surface area contributed by atoms with E-state index in [9.17, 15) is 9.59 Å². The number of ether oxygens (including phenoxy) is 1. The van der Waals surface area contributed by atoms with Crippen molar-refractivity contribution in [1.29, 1.82) is 0 Å². The number of amides is 1. The van der Waals surface area contributed by atoms with Crippen LogP contribution in [-0.2, 0) is 9.53 Å². The van der Waals surface area contributed by atoms with Crippen molar-refractivity contribution in [3.8, 4) is 0 Å². The van der Waals surface area contributed by atoms with Gasteiger partial charge in [-0.1, -0.05) is 17.7 Å². The molecule has 19 heavy (non-hydrogen) atoms. The number of nitrogen functional groups attached to an aromatic ring is 1. The van der Waals surface area contributed by atoms with Crippen molar-refractivity contribution >= 4 is 29.2 Å². The molecule has 0 aromatic heterocycles. The number of halogens is 1. The predicted molar refractivity (Wildman–Crippen MR) is 74.1 cm³/mol. The van der Waals surface area contributed by atoms with Crippen LogP contribution in [0.15, 0.2) is 18.2 Å². The Morgan fingerprint density at radius 1 is 1.32 bits per heavy atom. The Morgan fingerprint density at radius 2 is 1.95 bits per heavy atom. The fraction of sp³-hybridized carbons (Fsp3) is 0.385. The summed E-state index contributed by atoms with van der Waals surface area (Å²) in [4.78, 5) is 25.1. The van der Waals surface area contributed by atoms with Crippen LogP contribution in [0.4, 0.5) is 5.69 Å². The van der Waals surface area contributed by atoms with Crippen LogP contribution in [0.25, 0.3) is 0 Å². The van der Waals surface area contributed by atoms with Gasteiger partial charge in [-0.2, -0.15) is 0 Å². The van der Waals surface area contributed by atoms with Crippen LogP contribution < -0.4 is 5.73 Å². The fourth-order valence-electron chi connectivity index (χ4n) is 1.62. The Morgan fingerprint density at radius 3 is 2.47 bits per heavy atom. The Labute approximate surface area is 117 Å². The first-order chi connectivity index (χ1) is 9.01. The van der Waals surface area contributed by atoms with Gasteiger partial charge in [-0.25, -0.2) is 4.79 Å². The number of carbonyl (C=O) groups excluding carboxylic acids is 2. The number of carbonyl (C=O) groups is 2. The second-order valence-electron chi connectivity index (χ2n) is 3.85. The van der Waals surface area contributed by atoms with Gasteiger partial charge in [0.2, 0.25) is 0 Å². The van der Waals surface area contributed by atoms with Crippen LogP contribution in [0.1, 0.15) is 24.2 Å². The Kier molecular flexibility index (Phi) is 5.63. The van der Waals surface area contributed by atoms with Gasteiger partial charge in [0.25, 0.3) is 5.91 Å². The molecule has 0 bridgehead atoms. The van der Waals surface area contributed by atoms with Gasteiger partial charge < -0.3 is 15.4 Å². The molecule has 0 heterocycles.